The maximum absolute atomic E-state index is 14.2. The van der Waals surface area contributed by atoms with Gasteiger partial charge in [0.05, 0.1) is 19.6 Å². The Morgan fingerprint density at radius 3 is 1.05 bits per heavy atom. The van der Waals surface area contributed by atoms with E-state index >= 15 is 0 Å². The first-order chi connectivity index (χ1) is 44.2. The summed E-state index contributed by atoms with van der Waals surface area (Å²) in [5.74, 6) is 1.36. The summed E-state index contributed by atoms with van der Waals surface area (Å²) in [6, 6.07) is 17.1. The first-order valence-corrected chi connectivity index (χ1v) is 38.2. The molecule has 6 N–H and O–H groups in total. The van der Waals surface area contributed by atoms with E-state index in [1.54, 1.807) is 18.2 Å². The van der Waals surface area contributed by atoms with Crippen LogP contribution in [-0.4, -0.2) is 137 Å². The molecule has 8 bridgehead atoms. The molecule has 92 heavy (non-hydrogen) atoms. The van der Waals surface area contributed by atoms with E-state index in [0.717, 1.165) is 77.0 Å². The second-order valence-electron chi connectivity index (χ2n) is 23.6. The smallest absolute Gasteiger partial charge is 0.294 e. The predicted octanol–water partition coefficient (Wildman–Crippen LogP) is 11.8. The molecular formula is C65H87N11O12S4. The van der Waals surface area contributed by atoms with E-state index in [0.29, 0.717) is 104 Å². The third-order valence-corrected chi connectivity index (χ3v) is 22.1. The number of ether oxygens (including phenoxy) is 3. The Labute approximate surface area is 540 Å². The summed E-state index contributed by atoms with van der Waals surface area (Å²) in [7, 11) is -17.2. The van der Waals surface area contributed by atoms with Gasteiger partial charge in [-0.3, -0.25) is 4.55 Å². The van der Waals surface area contributed by atoms with Crippen LogP contribution in [0, 0.1) is 17.8 Å². The van der Waals surface area contributed by atoms with Gasteiger partial charge in [0.25, 0.3) is 10.1 Å². The van der Waals surface area contributed by atoms with Gasteiger partial charge in [-0.2, -0.15) is 8.42 Å². The average Bonchev–Trinajstić information content (AvgIpc) is 1.60. The third kappa shape index (κ3) is 17.4. The highest BCUT2D eigenvalue weighted by Crippen LogP contribution is 2.39. The molecule has 3 unspecified atom stereocenters. The molecule has 3 atom stereocenters. The van der Waals surface area contributed by atoms with Crippen molar-refractivity contribution < 1.29 is 52.4 Å². The molecule has 9 rings (SSSR count). The van der Waals surface area contributed by atoms with Crippen molar-refractivity contribution in [3.63, 3.8) is 0 Å². The lowest BCUT2D eigenvalue weighted by molar-refractivity contribution is 0.0928. The molecule has 0 radical (unpaired) electrons. The zero-order valence-electron chi connectivity index (χ0n) is 53.4. The summed E-state index contributed by atoms with van der Waals surface area (Å²) in [5, 5.41) is 1.17. The molecule has 0 spiro atoms. The van der Waals surface area contributed by atoms with E-state index in [-0.39, 0.29) is 96.7 Å². The predicted molar refractivity (Wildman–Crippen MR) is 358 cm³/mol. The first-order valence-electron chi connectivity index (χ1n) is 32.3. The van der Waals surface area contributed by atoms with Crippen LogP contribution < -0.4 is 14.2 Å². The molecule has 23 nitrogen and oxygen atoms in total. The largest absolute Gasteiger partial charge is 0.381 e. The minimum atomic E-state index is -4.76. The topological polar surface area (TPSA) is 329 Å². The van der Waals surface area contributed by atoms with E-state index in [9.17, 15) is 38.2 Å². The van der Waals surface area contributed by atoms with Crippen LogP contribution >= 0.6 is 0 Å². The molecule has 2 aliphatic heterocycles. The van der Waals surface area contributed by atoms with E-state index in [2.05, 4.69) is 65.7 Å². The van der Waals surface area contributed by atoms with Crippen molar-refractivity contribution >= 4 is 84.3 Å². The lowest BCUT2D eigenvalue weighted by Gasteiger charge is -2.14. The zero-order chi connectivity index (χ0) is 65.6. The molecule has 0 saturated carbocycles. The minimum Gasteiger partial charge on any atom is -0.381 e. The lowest BCUT2D eigenvalue weighted by atomic mass is 10.0. The molecule has 5 heterocycles. The standard InChI is InChI=1S/C65H87N11O12S4/c1-7-13-19-43(10-4)40-86-33-16-30-66-89(77,78)46-22-26-50-54(36-46)62-69-58(50)71-63-56-38-48(91(81,82)68-32-18-35-88-42-45(12-6)21-15-9-3)24-28-52(56)60(73-63)75-65-57-39-49(92(83,84)85)25-29-53(57)61(76-65)74-64-55-37-47(23-27-51(55)59(70-62)72-64)90(79,80)67-31-17-34-87-41-44(11-5)20-14-8-2/h22-29,36-39,43-45,66-68H,7-21,30-35,40-42H2,1-6H3,(H,83,84,85)(H2,69,70,71,72,73,74,75,76). The number of rotatable bonds is 37. The third-order valence-electron chi connectivity index (χ3n) is 16.9. The van der Waals surface area contributed by atoms with Crippen molar-refractivity contribution in [2.75, 3.05) is 59.3 Å². The Kier molecular flexibility index (Phi) is 24.2. The summed E-state index contributed by atoms with van der Waals surface area (Å²) in [6.45, 7) is 16.1. The zero-order valence-corrected chi connectivity index (χ0v) is 56.7. The number of aromatic amines is 2. The maximum Gasteiger partial charge on any atom is 0.294 e. The maximum atomic E-state index is 14.2. The molecule has 3 aromatic heterocycles. The quantitative estimate of drug-likeness (QED) is 0.0156. The lowest BCUT2D eigenvalue weighted by Crippen LogP contribution is -2.26. The van der Waals surface area contributed by atoms with Gasteiger partial charge >= 0.3 is 0 Å². The fourth-order valence-corrected chi connectivity index (χ4v) is 15.0. The van der Waals surface area contributed by atoms with Crippen molar-refractivity contribution in [3.8, 4) is 45.6 Å². The minimum absolute atomic E-state index is 0.00302. The monoisotopic (exact) mass is 1340 g/mol. The van der Waals surface area contributed by atoms with Gasteiger partial charge in [0, 0.05) is 103 Å². The highest BCUT2D eigenvalue weighted by molar-refractivity contribution is 7.90. The van der Waals surface area contributed by atoms with Crippen molar-refractivity contribution in [2.24, 2.45) is 17.8 Å². The molecule has 0 aliphatic carbocycles. The number of hydrogen-bond acceptors (Lipinski definition) is 17. The van der Waals surface area contributed by atoms with Crippen LogP contribution in [0.2, 0.25) is 0 Å². The molecule has 0 amide bonds. The highest BCUT2D eigenvalue weighted by atomic mass is 32.2. The van der Waals surface area contributed by atoms with Gasteiger partial charge in [-0.15, -0.1) is 0 Å². The van der Waals surface area contributed by atoms with Gasteiger partial charge in [0.2, 0.25) is 30.1 Å². The fraction of sp³-hybridized carbons (Fsp3) is 0.508. The van der Waals surface area contributed by atoms with Gasteiger partial charge < -0.3 is 24.2 Å². The van der Waals surface area contributed by atoms with Crippen LogP contribution in [-0.2, 0) is 54.4 Å². The number of sulfonamides is 3. The Morgan fingerprint density at radius 2 is 0.707 bits per heavy atom. The molecule has 4 aromatic carbocycles. The van der Waals surface area contributed by atoms with E-state index in [1.165, 1.54) is 54.6 Å². The molecule has 2 aliphatic rings. The summed E-state index contributed by atoms with van der Waals surface area (Å²) in [6.07, 6.45) is 14.2. The Bertz CT molecular complexity index is 4310. The summed E-state index contributed by atoms with van der Waals surface area (Å²) in [5.41, 5.74) is 1.54. The molecule has 0 saturated heterocycles. The number of fused-ring (bicyclic) bond motifs is 20. The van der Waals surface area contributed by atoms with Crippen LogP contribution in [0.4, 0.5) is 0 Å². The fourth-order valence-electron chi connectivity index (χ4n) is 11.2. The molecule has 0 fully saturated rings. The molecular weight excluding hydrogens is 1260 g/mol. The summed E-state index contributed by atoms with van der Waals surface area (Å²) >= 11 is 0. The summed E-state index contributed by atoms with van der Waals surface area (Å²) < 4.78 is 146. The van der Waals surface area contributed by atoms with Crippen molar-refractivity contribution in [3.05, 3.63) is 72.8 Å². The average molecular weight is 1340 g/mol. The Hall–Kier alpha value is -6.24. The van der Waals surface area contributed by atoms with Gasteiger partial charge in [0.15, 0.2) is 23.3 Å². The van der Waals surface area contributed by atoms with Gasteiger partial charge in [0.1, 0.15) is 22.6 Å². The van der Waals surface area contributed by atoms with Crippen LogP contribution in [0.3, 0.4) is 0 Å². The van der Waals surface area contributed by atoms with E-state index in [4.69, 9.17) is 44.1 Å². The number of H-pyrrole nitrogens is 2. The molecule has 498 valence electrons. The van der Waals surface area contributed by atoms with Crippen LogP contribution in [0.25, 0.3) is 89.7 Å². The van der Waals surface area contributed by atoms with Gasteiger partial charge in [-0.25, -0.2) is 69.3 Å². The van der Waals surface area contributed by atoms with Crippen molar-refractivity contribution in [2.45, 2.75) is 157 Å². The Morgan fingerprint density at radius 1 is 0.391 bits per heavy atom. The second-order valence-corrected chi connectivity index (χ2v) is 30.4. The van der Waals surface area contributed by atoms with E-state index in [1.807, 2.05) is 0 Å². The number of benzene rings is 4. The van der Waals surface area contributed by atoms with Gasteiger partial charge in [-0.1, -0.05) is 99.3 Å². The summed E-state index contributed by atoms with van der Waals surface area (Å²) in [4.78, 5) is 35.4. The number of unbranched alkanes of at least 4 members (excludes halogenated alkanes) is 3. The van der Waals surface area contributed by atoms with E-state index < -0.39 is 45.1 Å². The Balaban J connectivity index is 1.15. The SMILES string of the molecule is CCCCC(CC)COCCCNS(=O)(=O)c1ccc2c(c1)-c1nc-2nc2[nH]c(nc3nc(nc4[nH]c(n1)c1ccc(S(=O)(=O)O)cc41)-c1ccc(S(=O)(=O)NCCCOCC(CC)CCCC)cc1-3)c1ccc(S(=O)(=O)NCCCOCC(CC)CCCC)cc21. The highest BCUT2D eigenvalue weighted by Gasteiger charge is 2.28. The van der Waals surface area contributed by atoms with Crippen LogP contribution in [0.1, 0.15) is 138 Å². The normalized spacial score (nSPS) is 13.8. The first kappa shape index (κ1) is 70.1. The van der Waals surface area contributed by atoms with Crippen molar-refractivity contribution in [1.82, 2.24) is 54.0 Å². The number of aromatic nitrogens is 8. The molecule has 7 aromatic rings. The number of nitrogens with one attached hydrogen (secondary N) is 5. The van der Waals surface area contributed by atoms with Gasteiger partial charge in [-0.05, 0) is 129 Å². The number of hydrogen-bond donors (Lipinski definition) is 6. The van der Waals surface area contributed by atoms with Crippen LogP contribution in [0.5, 0.6) is 0 Å². The van der Waals surface area contributed by atoms with Crippen molar-refractivity contribution in [1.29, 1.82) is 0 Å². The van der Waals surface area contributed by atoms with Crippen LogP contribution in [0.15, 0.2) is 92.4 Å². The molecule has 27 heteroatoms. The number of nitrogens with zero attached hydrogens (tertiary/aromatic N) is 6. The second kappa shape index (κ2) is 31.8.